The molecule has 0 spiro atoms. The molecule has 0 radical (unpaired) electrons. The first-order valence-electron chi connectivity index (χ1n) is 7.87. The van der Waals surface area contributed by atoms with Crippen molar-refractivity contribution in [2.24, 2.45) is 0 Å². The predicted octanol–water partition coefficient (Wildman–Crippen LogP) is 1.17. The minimum absolute atomic E-state index is 0.00341. The monoisotopic (exact) mass is 354 g/mol. The highest BCUT2D eigenvalue weighted by Gasteiger charge is 2.32. The summed E-state index contributed by atoms with van der Waals surface area (Å²) in [6.45, 7) is -0.0936. The number of fused-ring (bicyclic) bond motifs is 1. The summed E-state index contributed by atoms with van der Waals surface area (Å²) in [5, 5.41) is 7.40. The zero-order valence-corrected chi connectivity index (χ0v) is 13.3. The molecular weight excluding hydrogens is 337 g/mol. The number of halogens is 3. The molecule has 2 aromatic rings. The first kappa shape index (κ1) is 17.4. The molecule has 0 atom stereocenters. The van der Waals surface area contributed by atoms with Gasteiger partial charge in [0.25, 0.3) is 5.56 Å². The Morgan fingerprint density at radius 1 is 1.12 bits per heavy atom. The molecule has 1 fully saturated rings. The van der Waals surface area contributed by atoms with E-state index in [9.17, 15) is 22.8 Å². The van der Waals surface area contributed by atoms with Crippen LogP contribution in [-0.2, 0) is 11.2 Å². The summed E-state index contributed by atoms with van der Waals surface area (Å²) in [5.74, 6) is -0.212. The molecule has 1 aliphatic rings. The highest BCUT2D eigenvalue weighted by molar-refractivity contribution is 5.88. The molecule has 1 aromatic heterocycles. The lowest BCUT2D eigenvalue weighted by Gasteiger charge is -2.35. The fourth-order valence-corrected chi connectivity index (χ4v) is 2.97. The van der Waals surface area contributed by atoms with Gasteiger partial charge in [-0.3, -0.25) is 14.5 Å². The van der Waals surface area contributed by atoms with Crippen LogP contribution in [0.3, 0.4) is 0 Å². The van der Waals surface area contributed by atoms with E-state index in [4.69, 9.17) is 0 Å². The van der Waals surface area contributed by atoms with Gasteiger partial charge in [-0.1, -0.05) is 18.2 Å². The van der Waals surface area contributed by atoms with Gasteiger partial charge in [-0.2, -0.15) is 18.3 Å². The number of carbonyl (C=O) groups is 1. The van der Waals surface area contributed by atoms with Crippen molar-refractivity contribution in [1.29, 1.82) is 0 Å². The lowest BCUT2D eigenvalue weighted by Crippen LogP contribution is -2.51. The van der Waals surface area contributed by atoms with E-state index in [0.717, 1.165) is 0 Å². The third-order valence-corrected chi connectivity index (χ3v) is 4.22. The summed E-state index contributed by atoms with van der Waals surface area (Å²) in [6.07, 6.45) is -4.23. The van der Waals surface area contributed by atoms with Crippen LogP contribution in [0.15, 0.2) is 29.1 Å². The van der Waals surface area contributed by atoms with Crippen molar-refractivity contribution in [2.45, 2.75) is 12.6 Å². The van der Waals surface area contributed by atoms with Gasteiger partial charge in [-0.05, 0) is 6.07 Å². The quantitative estimate of drug-likeness (QED) is 0.899. The SMILES string of the molecule is O=C(Cc1n[nH]c(=O)c2ccccc12)N1CCN(CC(F)(F)F)CC1. The van der Waals surface area contributed by atoms with Crippen molar-refractivity contribution in [3.8, 4) is 0 Å². The van der Waals surface area contributed by atoms with Crippen LogP contribution in [0.5, 0.6) is 0 Å². The number of H-pyrrole nitrogens is 1. The zero-order chi connectivity index (χ0) is 18.0. The number of amides is 1. The van der Waals surface area contributed by atoms with Crippen LogP contribution in [0.25, 0.3) is 10.8 Å². The topological polar surface area (TPSA) is 69.3 Å². The number of aromatic nitrogens is 2. The molecule has 134 valence electrons. The Balaban J connectivity index is 1.66. The van der Waals surface area contributed by atoms with E-state index in [2.05, 4.69) is 10.2 Å². The third-order valence-electron chi connectivity index (χ3n) is 4.22. The number of rotatable bonds is 3. The molecule has 0 bridgehead atoms. The van der Waals surface area contributed by atoms with Gasteiger partial charge in [0.1, 0.15) is 0 Å². The minimum atomic E-state index is -4.23. The van der Waals surface area contributed by atoms with Crippen LogP contribution >= 0.6 is 0 Å². The van der Waals surface area contributed by atoms with E-state index >= 15 is 0 Å². The molecule has 25 heavy (non-hydrogen) atoms. The van der Waals surface area contributed by atoms with E-state index in [1.807, 2.05) is 0 Å². The lowest BCUT2D eigenvalue weighted by molar-refractivity contribution is -0.151. The molecule has 0 aliphatic carbocycles. The second-order valence-electron chi connectivity index (χ2n) is 5.99. The zero-order valence-electron chi connectivity index (χ0n) is 13.3. The van der Waals surface area contributed by atoms with Crippen LogP contribution in [0.1, 0.15) is 5.69 Å². The number of carbonyl (C=O) groups excluding carboxylic acids is 1. The molecule has 3 rings (SSSR count). The summed E-state index contributed by atoms with van der Waals surface area (Å²) in [4.78, 5) is 27.0. The molecule has 1 amide bonds. The summed E-state index contributed by atoms with van der Waals surface area (Å²) in [6, 6.07) is 6.86. The van der Waals surface area contributed by atoms with E-state index in [0.29, 0.717) is 16.5 Å². The standard InChI is InChI=1S/C16H17F3N4O2/c17-16(18,19)10-22-5-7-23(8-6-22)14(24)9-13-11-3-1-2-4-12(11)15(25)21-20-13/h1-4H,5-10H2,(H,21,25). The van der Waals surface area contributed by atoms with Crippen molar-refractivity contribution in [3.63, 3.8) is 0 Å². The molecule has 0 unspecified atom stereocenters. The molecule has 0 saturated carbocycles. The number of alkyl halides is 3. The van der Waals surface area contributed by atoms with Crippen molar-refractivity contribution in [3.05, 3.63) is 40.3 Å². The van der Waals surface area contributed by atoms with Gasteiger partial charge in [0.05, 0.1) is 24.0 Å². The van der Waals surface area contributed by atoms with Gasteiger partial charge in [-0.15, -0.1) is 0 Å². The number of hydrogen-bond donors (Lipinski definition) is 1. The molecule has 1 aliphatic heterocycles. The Morgan fingerprint density at radius 3 is 2.40 bits per heavy atom. The van der Waals surface area contributed by atoms with Crippen LogP contribution in [0, 0.1) is 0 Å². The molecular formula is C16H17F3N4O2. The largest absolute Gasteiger partial charge is 0.401 e. The van der Waals surface area contributed by atoms with Crippen molar-refractivity contribution >= 4 is 16.7 Å². The smallest absolute Gasteiger partial charge is 0.340 e. The van der Waals surface area contributed by atoms with Crippen molar-refractivity contribution in [1.82, 2.24) is 20.0 Å². The summed E-state index contributed by atoms with van der Waals surface area (Å²) < 4.78 is 37.2. The average Bonchev–Trinajstić information content (AvgIpc) is 2.57. The summed E-state index contributed by atoms with van der Waals surface area (Å²) in [5.41, 5.74) is 0.130. The number of hydrogen-bond acceptors (Lipinski definition) is 4. The van der Waals surface area contributed by atoms with Crippen molar-refractivity contribution < 1.29 is 18.0 Å². The molecule has 2 heterocycles. The van der Waals surface area contributed by atoms with Gasteiger partial charge in [0.2, 0.25) is 5.91 Å². The first-order valence-corrected chi connectivity index (χ1v) is 7.87. The van der Waals surface area contributed by atoms with Gasteiger partial charge < -0.3 is 4.90 Å². The van der Waals surface area contributed by atoms with Crippen molar-refractivity contribution in [2.75, 3.05) is 32.7 Å². The maximum atomic E-state index is 12.4. The molecule has 1 aromatic carbocycles. The van der Waals surface area contributed by atoms with E-state index in [1.165, 1.54) is 9.80 Å². The van der Waals surface area contributed by atoms with Gasteiger partial charge >= 0.3 is 6.18 Å². The summed E-state index contributed by atoms with van der Waals surface area (Å²) >= 11 is 0. The fourth-order valence-electron chi connectivity index (χ4n) is 2.97. The highest BCUT2D eigenvalue weighted by Crippen LogP contribution is 2.18. The van der Waals surface area contributed by atoms with Crippen LogP contribution in [0.4, 0.5) is 13.2 Å². The molecule has 1 N–H and O–H groups in total. The second-order valence-corrected chi connectivity index (χ2v) is 5.99. The number of aromatic amines is 1. The van der Waals surface area contributed by atoms with E-state index in [1.54, 1.807) is 24.3 Å². The highest BCUT2D eigenvalue weighted by atomic mass is 19.4. The van der Waals surface area contributed by atoms with E-state index < -0.39 is 12.7 Å². The first-order chi connectivity index (χ1) is 11.8. The van der Waals surface area contributed by atoms with Gasteiger partial charge in [0.15, 0.2) is 0 Å². The van der Waals surface area contributed by atoms with Crippen LogP contribution in [0.2, 0.25) is 0 Å². The molecule has 1 saturated heterocycles. The Hall–Kier alpha value is -2.42. The molecule has 6 nitrogen and oxygen atoms in total. The number of benzene rings is 1. The number of nitrogens with one attached hydrogen (secondary N) is 1. The minimum Gasteiger partial charge on any atom is -0.340 e. The Morgan fingerprint density at radius 2 is 1.76 bits per heavy atom. The maximum absolute atomic E-state index is 12.4. The number of nitrogens with zero attached hydrogens (tertiary/aromatic N) is 3. The summed E-state index contributed by atoms with van der Waals surface area (Å²) in [7, 11) is 0. The van der Waals surface area contributed by atoms with Crippen LogP contribution in [-0.4, -0.2) is 64.8 Å². The predicted molar refractivity (Wildman–Crippen MR) is 85.1 cm³/mol. The average molecular weight is 354 g/mol. The lowest BCUT2D eigenvalue weighted by atomic mass is 10.1. The Bertz CT molecular complexity index is 826. The van der Waals surface area contributed by atoms with E-state index in [-0.39, 0.29) is 44.1 Å². The Kier molecular flexibility index (Phi) is 4.76. The van der Waals surface area contributed by atoms with Gasteiger partial charge in [0, 0.05) is 31.6 Å². The third kappa shape index (κ3) is 4.16. The maximum Gasteiger partial charge on any atom is 0.401 e. The Labute approximate surface area is 141 Å². The second kappa shape index (κ2) is 6.83. The van der Waals surface area contributed by atoms with Crippen LogP contribution < -0.4 is 5.56 Å². The van der Waals surface area contributed by atoms with Gasteiger partial charge in [-0.25, -0.2) is 5.10 Å². The number of piperazine rings is 1. The normalized spacial score (nSPS) is 16.4. The molecule has 9 heteroatoms. The fraction of sp³-hybridized carbons (Fsp3) is 0.438.